The Morgan fingerprint density at radius 3 is 1.50 bits per heavy atom. The lowest BCUT2D eigenvalue weighted by atomic mass is 9.83. The fraction of sp³-hybridized carbons (Fsp3) is 0.857. The summed E-state index contributed by atoms with van der Waals surface area (Å²) in [6.45, 7) is 12.0. The molecule has 174 valence electrons. The van der Waals surface area contributed by atoms with Crippen molar-refractivity contribution in [2.75, 3.05) is 13.2 Å². The van der Waals surface area contributed by atoms with E-state index in [1.54, 1.807) is 0 Å². The fourth-order valence-electron chi connectivity index (χ4n) is 3.20. The Kier molecular flexibility index (Phi) is 10.7. The Labute approximate surface area is 178 Å². The van der Waals surface area contributed by atoms with Crippen molar-refractivity contribution in [2.45, 2.75) is 91.5 Å². The van der Waals surface area contributed by atoms with Crippen LogP contribution in [0.5, 0.6) is 0 Å². The number of hydrogen-bond acceptors (Lipinski definition) is 9. The van der Waals surface area contributed by atoms with Gasteiger partial charge in [-0.1, -0.05) is 34.1 Å². The van der Waals surface area contributed by atoms with E-state index in [1.165, 1.54) is 20.8 Å². The van der Waals surface area contributed by atoms with Crippen LogP contribution in [0.4, 0.5) is 0 Å². The summed E-state index contributed by atoms with van der Waals surface area (Å²) in [5.41, 5.74) is 0. The van der Waals surface area contributed by atoms with Crippen LogP contribution >= 0.6 is 0 Å². The highest BCUT2D eigenvalue weighted by molar-refractivity contribution is 5.68. The largest absolute Gasteiger partial charge is 0.457 e. The number of aliphatic hydroxyl groups excluding tert-OH is 1. The molecular formula is C21H36O9. The van der Waals surface area contributed by atoms with Crippen molar-refractivity contribution < 1.29 is 43.2 Å². The van der Waals surface area contributed by atoms with Gasteiger partial charge in [0.15, 0.2) is 18.3 Å². The molecule has 0 heterocycles. The summed E-state index contributed by atoms with van der Waals surface area (Å²) in [5.74, 6) is -1.60. The Hall–Kier alpha value is -1.71. The first-order valence-corrected chi connectivity index (χ1v) is 10.4. The van der Waals surface area contributed by atoms with Gasteiger partial charge < -0.3 is 28.8 Å². The average molecular weight is 433 g/mol. The van der Waals surface area contributed by atoms with Crippen LogP contribution in [-0.2, 0) is 38.1 Å². The van der Waals surface area contributed by atoms with Crippen LogP contribution in [0.15, 0.2) is 0 Å². The number of aliphatic hydroxyl groups is 1. The highest BCUT2D eigenvalue weighted by atomic mass is 16.6. The molecule has 1 rings (SSSR count). The fourth-order valence-corrected chi connectivity index (χ4v) is 3.20. The summed E-state index contributed by atoms with van der Waals surface area (Å²) < 4.78 is 28.1. The maximum atomic E-state index is 11.9. The first kappa shape index (κ1) is 26.3. The van der Waals surface area contributed by atoms with Gasteiger partial charge in [-0.15, -0.1) is 0 Å². The lowest BCUT2D eigenvalue weighted by Gasteiger charge is -2.47. The number of rotatable bonds is 10. The van der Waals surface area contributed by atoms with E-state index in [9.17, 15) is 19.5 Å². The summed E-state index contributed by atoms with van der Waals surface area (Å²) in [6.07, 6.45) is -6.05. The lowest BCUT2D eigenvalue weighted by Crippen LogP contribution is -2.67. The third-order valence-corrected chi connectivity index (χ3v) is 4.77. The maximum Gasteiger partial charge on any atom is 0.303 e. The van der Waals surface area contributed by atoms with Crippen LogP contribution in [0.1, 0.15) is 54.9 Å². The van der Waals surface area contributed by atoms with E-state index in [2.05, 4.69) is 0 Å². The van der Waals surface area contributed by atoms with Crippen molar-refractivity contribution in [2.24, 2.45) is 11.8 Å². The van der Waals surface area contributed by atoms with Crippen LogP contribution < -0.4 is 0 Å². The van der Waals surface area contributed by atoms with Gasteiger partial charge in [0.1, 0.15) is 18.3 Å². The molecule has 0 bridgehead atoms. The summed E-state index contributed by atoms with van der Waals surface area (Å²) in [6, 6.07) is 0. The Morgan fingerprint density at radius 2 is 1.13 bits per heavy atom. The Bertz CT molecular complexity index is 577. The van der Waals surface area contributed by atoms with Crippen LogP contribution in [0.2, 0.25) is 0 Å². The zero-order valence-corrected chi connectivity index (χ0v) is 19.0. The molecule has 30 heavy (non-hydrogen) atoms. The number of carbonyl (C=O) groups excluding carboxylic acids is 3. The minimum Gasteiger partial charge on any atom is -0.457 e. The minimum absolute atomic E-state index is 0.128. The third kappa shape index (κ3) is 7.85. The van der Waals surface area contributed by atoms with E-state index >= 15 is 0 Å². The van der Waals surface area contributed by atoms with Crippen LogP contribution in [0.25, 0.3) is 0 Å². The van der Waals surface area contributed by atoms with E-state index in [-0.39, 0.29) is 18.4 Å². The van der Waals surface area contributed by atoms with E-state index < -0.39 is 54.5 Å². The summed E-state index contributed by atoms with van der Waals surface area (Å²) in [7, 11) is 0. The first-order valence-electron chi connectivity index (χ1n) is 10.4. The SMILES string of the molecule is CC[C@H](C)CO[C@H]1[C@H](OC(C)=O)[C@H](OCC(C)C)[C@@H](OC(C)=O)[C@H](O)[C@H]1OC(C)=O. The summed E-state index contributed by atoms with van der Waals surface area (Å²) >= 11 is 0. The predicted octanol–water partition coefficient (Wildman–Crippen LogP) is 1.63. The number of esters is 3. The van der Waals surface area contributed by atoms with Gasteiger partial charge in [0, 0.05) is 34.0 Å². The molecule has 0 saturated heterocycles. The van der Waals surface area contributed by atoms with Crippen molar-refractivity contribution in [1.29, 1.82) is 0 Å². The Balaban J connectivity index is 3.37. The van der Waals surface area contributed by atoms with Crippen LogP contribution in [0.3, 0.4) is 0 Å². The smallest absolute Gasteiger partial charge is 0.303 e. The summed E-state index contributed by atoms with van der Waals surface area (Å²) in [5, 5.41) is 11.0. The monoisotopic (exact) mass is 432 g/mol. The van der Waals surface area contributed by atoms with Gasteiger partial charge in [-0.3, -0.25) is 14.4 Å². The highest BCUT2D eigenvalue weighted by Gasteiger charge is 2.56. The molecule has 1 fully saturated rings. The van der Waals surface area contributed by atoms with Crippen molar-refractivity contribution in [1.82, 2.24) is 0 Å². The first-order chi connectivity index (χ1) is 14.0. The standard InChI is InChI=1S/C21H36O9/c1-8-12(4)10-27-20-18(29-14(6)23)16(25)17(28-13(5)22)19(26-9-11(2)3)21(20)30-15(7)24/h11-12,16-21,25H,8-10H2,1-7H3/t12-,16-,17-,18+,19+,20+,21+/m0/s1. The molecule has 0 aromatic carbocycles. The molecule has 0 spiro atoms. The van der Waals surface area contributed by atoms with E-state index in [0.29, 0.717) is 6.61 Å². The molecule has 1 N–H and O–H groups in total. The molecule has 7 atom stereocenters. The number of hydrogen-bond donors (Lipinski definition) is 1. The Morgan fingerprint density at radius 1 is 0.733 bits per heavy atom. The van der Waals surface area contributed by atoms with Gasteiger partial charge in [-0.05, 0) is 11.8 Å². The third-order valence-electron chi connectivity index (χ3n) is 4.77. The molecular weight excluding hydrogens is 396 g/mol. The maximum absolute atomic E-state index is 11.9. The molecule has 0 unspecified atom stereocenters. The molecule has 1 aliphatic rings. The summed E-state index contributed by atoms with van der Waals surface area (Å²) in [4.78, 5) is 35.3. The molecule has 1 aliphatic carbocycles. The second-order valence-corrected chi connectivity index (χ2v) is 8.22. The van der Waals surface area contributed by atoms with Gasteiger partial charge in [0.2, 0.25) is 0 Å². The van der Waals surface area contributed by atoms with Crippen LogP contribution in [0, 0.1) is 11.8 Å². The molecule has 1 saturated carbocycles. The predicted molar refractivity (Wildman–Crippen MR) is 106 cm³/mol. The van der Waals surface area contributed by atoms with Gasteiger partial charge >= 0.3 is 17.9 Å². The van der Waals surface area contributed by atoms with Gasteiger partial charge in [0.05, 0.1) is 0 Å². The molecule has 0 aliphatic heterocycles. The molecule has 0 aromatic rings. The van der Waals surface area contributed by atoms with Crippen molar-refractivity contribution >= 4 is 17.9 Å². The van der Waals surface area contributed by atoms with Gasteiger partial charge in [-0.2, -0.15) is 0 Å². The molecule has 0 radical (unpaired) electrons. The minimum atomic E-state index is -1.43. The molecule has 0 aromatic heterocycles. The van der Waals surface area contributed by atoms with E-state index in [1.807, 2.05) is 27.7 Å². The lowest BCUT2D eigenvalue weighted by molar-refractivity contribution is -0.263. The van der Waals surface area contributed by atoms with Crippen molar-refractivity contribution in [3.05, 3.63) is 0 Å². The second kappa shape index (κ2) is 12.2. The average Bonchev–Trinajstić information content (AvgIpc) is 2.62. The second-order valence-electron chi connectivity index (χ2n) is 8.22. The normalized spacial score (nSPS) is 29.9. The zero-order chi connectivity index (χ0) is 23.0. The number of carbonyl (C=O) groups is 3. The van der Waals surface area contributed by atoms with Crippen LogP contribution in [-0.4, -0.2) is 72.9 Å². The van der Waals surface area contributed by atoms with Gasteiger partial charge in [0.25, 0.3) is 0 Å². The van der Waals surface area contributed by atoms with Crippen molar-refractivity contribution in [3.8, 4) is 0 Å². The quantitative estimate of drug-likeness (QED) is 0.406. The molecule has 0 amide bonds. The molecule has 9 nitrogen and oxygen atoms in total. The van der Waals surface area contributed by atoms with Gasteiger partial charge in [-0.25, -0.2) is 0 Å². The highest BCUT2D eigenvalue weighted by Crippen LogP contribution is 2.33. The number of ether oxygens (including phenoxy) is 5. The topological polar surface area (TPSA) is 118 Å². The van der Waals surface area contributed by atoms with E-state index in [0.717, 1.165) is 6.42 Å². The molecule has 9 heteroatoms. The zero-order valence-electron chi connectivity index (χ0n) is 19.0. The van der Waals surface area contributed by atoms with Crippen molar-refractivity contribution in [3.63, 3.8) is 0 Å². The van der Waals surface area contributed by atoms with E-state index in [4.69, 9.17) is 23.7 Å².